The van der Waals surface area contributed by atoms with E-state index in [1.165, 1.54) is 24.3 Å². The van der Waals surface area contributed by atoms with Crippen molar-refractivity contribution < 1.29 is 20.4 Å². The van der Waals surface area contributed by atoms with Crippen molar-refractivity contribution in [3.8, 4) is 23.0 Å². The zero-order chi connectivity index (χ0) is 20.4. The molecule has 0 aliphatic carbocycles. The molecule has 0 unspecified atom stereocenters. The molecule has 4 N–H and O–H groups in total. The van der Waals surface area contributed by atoms with Gasteiger partial charge in [-0.1, -0.05) is 72.8 Å². The Morgan fingerprint density at radius 3 is 1.17 bits per heavy atom. The molecule has 0 bridgehead atoms. The highest BCUT2D eigenvalue weighted by Crippen LogP contribution is 2.51. The summed E-state index contributed by atoms with van der Waals surface area (Å²) in [7, 11) is 0. The smallest absolute Gasteiger partial charge is 0.124 e. The third kappa shape index (κ3) is 3.05. The number of aromatic hydroxyl groups is 4. The van der Waals surface area contributed by atoms with E-state index in [0.717, 1.165) is 11.1 Å². The highest BCUT2D eigenvalue weighted by Gasteiger charge is 2.42. The SMILES string of the molecule is Oc1ccc(C(c2ccccc2)(c2ccccc2)c2ccc(O)cc2O)c(O)c1. The van der Waals surface area contributed by atoms with E-state index in [-0.39, 0.29) is 23.0 Å². The van der Waals surface area contributed by atoms with E-state index < -0.39 is 5.41 Å². The van der Waals surface area contributed by atoms with Gasteiger partial charge in [0.15, 0.2) is 0 Å². The summed E-state index contributed by atoms with van der Waals surface area (Å²) >= 11 is 0. The van der Waals surface area contributed by atoms with Crippen LogP contribution in [0, 0.1) is 0 Å². The van der Waals surface area contributed by atoms with Gasteiger partial charge in [-0.15, -0.1) is 0 Å². The quantitative estimate of drug-likeness (QED) is 0.378. The Balaban J connectivity index is 2.20. The summed E-state index contributed by atoms with van der Waals surface area (Å²) in [6.45, 7) is 0. The van der Waals surface area contributed by atoms with Crippen molar-refractivity contribution in [2.75, 3.05) is 0 Å². The van der Waals surface area contributed by atoms with Crippen molar-refractivity contribution in [2.45, 2.75) is 5.41 Å². The number of hydrogen-bond donors (Lipinski definition) is 4. The van der Waals surface area contributed by atoms with E-state index in [1.54, 1.807) is 12.1 Å². The van der Waals surface area contributed by atoms with Crippen molar-refractivity contribution in [1.82, 2.24) is 0 Å². The van der Waals surface area contributed by atoms with E-state index >= 15 is 0 Å². The van der Waals surface area contributed by atoms with Crippen LogP contribution in [0.15, 0.2) is 97.1 Å². The van der Waals surface area contributed by atoms with Gasteiger partial charge in [0.25, 0.3) is 0 Å². The molecule has 0 aromatic heterocycles. The maximum atomic E-state index is 10.9. The number of rotatable bonds is 4. The second-order valence-corrected chi connectivity index (χ2v) is 6.88. The molecule has 4 heteroatoms. The molecule has 4 aromatic rings. The molecule has 0 saturated carbocycles. The number of phenolic OH excluding ortho intramolecular Hbond substituents is 4. The minimum Gasteiger partial charge on any atom is -0.508 e. The third-order valence-electron chi connectivity index (χ3n) is 5.18. The molecule has 0 fully saturated rings. The minimum absolute atomic E-state index is 0.0591. The summed E-state index contributed by atoms with van der Waals surface area (Å²) < 4.78 is 0. The second kappa shape index (κ2) is 7.24. The third-order valence-corrected chi connectivity index (χ3v) is 5.18. The van der Waals surface area contributed by atoms with Crippen molar-refractivity contribution in [3.63, 3.8) is 0 Å². The van der Waals surface area contributed by atoms with Gasteiger partial charge in [-0.25, -0.2) is 0 Å². The molecule has 0 aliphatic rings. The Morgan fingerprint density at radius 2 is 0.828 bits per heavy atom. The molecule has 29 heavy (non-hydrogen) atoms. The maximum Gasteiger partial charge on any atom is 0.124 e. The summed E-state index contributed by atoms with van der Waals surface area (Å²) in [6.07, 6.45) is 0. The standard InChI is InChI=1S/C25H20O4/c26-19-11-13-21(23(28)15-19)25(17-7-3-1-4-8-17,18-9-5-2-6-10-18)22-14-12-20(27)16-24(22)29/h1-16,26-29H. The van der Waals surface area contributed by atoms with Gasteiger partial charge in [0, 0.05) is 23.3 Å². The number of benzene rings is 4. The average Bonchev–Trinajstić information content (AvgIpc) is 2.72. The normalized spacial score (nSPS) is 11.3. The van der Waals surface area contributed by atoms with Gasteiger partial charge < -0.3 is 20.4 Å². The molecule has 4 aromatic carbocycles. The van der Waals surface area contributed by atoms with Gasteiger partial charge in [-0.2, -0.15) is 0 Å². The Bertz CT molecular complexity index is 1050. The highest BCUT2D eigenvalue weighted by molar-refractivity contribution is 5.66. The van der Waals surface area contributed by atoms with Gasteiger partial charge in [-0.05, 0) is 23.3 Å². The predicted octanol–water partition coefficient (Wildman–Crippen LogP) is 4.89. The van der Waals surface area contributed by atoms with Gasteiger partial charge >= 0.3 is 0 Å². The van der Waals surface area contributed by atoms with Crippen molar-refractivity contribution in [2.24, 2.45) is 0 Å². The highest BCUT2D eigenvalue weighted by atomic mass is 16.3. The van der Waals surface area contributed by atoms with Gasteiger partial charge in [0.1, 0.15) is 23.0 Å². The first kappa shape index (κ1) is 18.4. The summed E-state index contributed by atoms with van der Waals surface area (Å²) in [4.78, 5) is 0. The summed E-state index contributed by atoms with van der Waals surface area (Å²) in [5.74, 6) is -0.331. The van der Waals surface area contributed by atoms with E-state index in [4.69, 9.17) is 0 Å². The van der Waals surface area contributed by atoms with E-state index in [2.05, 4.69) is 0 Å². The molecular weight excluding hydrogens is 364 g/mol. The minimum atomic E-state index is -1.09. The fraction of sp³-hybridized carbons (Fsp3) is 0.0400. The van der Waals surface area contributed by atoms with Crippen LogP contribution in [0.4, 0.5) is 0 Å². The Kier molecular flexibility index (Phi) is 4.61. The van der Waals surface area contributed by atoms with Gasteiger partial charge in [0.2, 0.25) is 0 Å². The van der Waals surface area contributed by atoms with Crippen LogP contribution in [0.1, 0.15) is 22.3 Å². The van der Waals surface area contributed by atoms with Crippen LogP contribution in [-0.4, -0.2) is 20.4 Å². The van der Waals surface area contributed by atoms with Crippen LogP contribution in [0.2, 0.25) is 0 Å². The largest absolute Gasteiger partial charge is 0.508 e. The van der Waals surface area contributed by atoms with Crippen LogP contribution in [0.3, 0.4) is 0 Å². The summed E-state index contributed by atoms with van der Waals surface area (Å²) in [6, 6.07) is 27.9. The lowest BCUT2D eigenvalue weighted by molar-refractivity contribution is 0.431. The van der Waals surface area contributed by atoms with Crippen molar-refractivity contribution >= 4 is 0 Å². The summed E-state index contributed by atoms with van der Waals surface area (Å²) in [5, 5.41) is 41.5. The molecule has 0 amide bonds. The van der Waals surface area contributed by atoms with Crippen LogP contribution in [0.25, 0.3) is 0 Å². The molecule has 0 aliphatic heterocycles. The second-order valence-electron chi connectivity index (χ2n) is 6.88. The molecule has 0 atom stereocenters. The Hall–Kier alpha value is -3.92. The first-order valence-electron chi connectivity index (χ1n) is 9.19. The lowest BCUT2D eigenvalue weighted by atomic mass is 9.64. The fourth-order valence-electron chi connectivity index (χ4n) is 3.98. The average molecular weight is 384 g/mol. The fourth-order valence-corrected chi connectivity index (χ4v) is 3.98. The molecule has 144 valence electrons. The summed E-state index contributed by atoms with van der Waals surface area (Å²) in [5.41, 5.74) is 1.53. The maximum absolute atomic E-state index is 10.9. The zero-order valence-electron chi connectivity index (χ0n) is 15.5. The Labute approximate surface area is 168 Å². The molecule has 4 rings (SSSR count). The van der Waals surface area contributed by atoms with Crippen LogP contribution < -0.4 is 0 Å². The number of phenols is 4. The van der Waals surface area contributed by atoms with Crippen LogP contribution in [0.5, 0.6) is 23.0 Å². The molecule has 0 spiro atoms. The van der Waals surface area contributed by atoms with Gasteiger partial charge in [-0.3, -0.25) is 0 Å². The van der Waals surface area contributed by atoms with E-state index in [9.17, 15) is 20.4 Å². The molecule has 4 nitrogen and oxygen atoms in total. The Morgan fingerprint density at radius 1 is 0.448 bits per heavy atom. The van der Waals surface area contributed by atoms with Gasteiger partial charge in [0.05, 0.1) is 5.41 Å². The predicted molar refractivity (Wildman–Crippen MR) is 111 cm³/mol. The lowest BCUT2D eigenvalue weighted by Crippen LogP contribution is -2.31. The first-order chi connectivity index (χ1) is 14.0. The molecule has 0 heterocycles. The molecular formula is C25H20O4. The van der Waals surface area contributed by atoms with E-state index in [0.29, 0.717) is 11.1 Å². The zero-order valence-corrected chi connectivity index (χ0v) is 15.5. The lowest BCUT2D eigenvalue weighted by Gasteiger charge is -2.37. The van der Waals surface area contributed by atoms with Crippen LogP contribution >= 0.6 is 0 Å². The van der Waals surface area contributed by atoms with Crippen LogP contribution in [-0.2, 0) is 5.41 Å². The van der Waals surface area contributed by atoms with Crippen molar-refractivity contribution in [1.29, 1.82) is 0 Å². The monoisotopic (exact) mass is 384 g/mol. The number of hydrogen-bond acceptors (Lipinski definition) is 4. The topological polar surface area (TPSA) is 80.9 Å². The molecule has 0 saturated heterocycles. The van der Waals surface area contributed by atoms with Crippen molar-refractivity contribution in [3.05, 3.63) is 119 Å². The molecule has 0 radical (unpaired) electrons. The van der Waals surface area contributed by atoms with E-state index in [1.807, 2.05) is 60.7 Å². The first-order valence-corrected chi connectivity index (χ1v) is 9.19.